The van der Waals surface area contributed by atoms with E-state index >= 15 is 0 Å². The Bertz CT molecular complexity index is 1200. The molecule has 2 aliphatic heterocycles. The maximum atomic E-state index is 14.0. The van der Waals surface area contributed by atoms with Gasteiger partial charge in [0, 0.05) is 32.7 Å². The third kappa shape index (κ3) is 4.36. The van der Waals surface area contributed by atoms with Gasteiger partial charge in [0.2, 0.25) is 11.2 Å². The van der Waals surface area contributed by atoms with Crippen LogP contribution in [0.3, 0.4) is 0 Å². The van der Waals surface area contributed by atoms with E-state index < -0.39 is 22.9 Å². The Morgan fingerprint density at radius 3 is 2.39 bits per heavy atom. The number of ether oxygens (including phenoxy) is 2. The smallest absolute Gasteiger partial charge is 0.450 e. The van der Waals surface area contributed by atoms with Crippen LogP contribution in [0.15, 0.2) is 51.7 Å². The van der Waals surface area contributed by atoms with Gasteiger partial charge in [0.1, 0.15) is 18.1 Å². The van der Waals surface area contributed by atoms with Crippen molar-refractivity contribution in [1.82, 2.24) is 9.80 Å². The molecular weight excluding hydrogens is 437 g/mol. The van der Waals surface area contributed by atoms with Crippen molar-refractivity contribution >= 4 is 11.0 Å². The first-order valence-corrected chi connectivity index (χ1v) is 10.8. The number of benzene rings is 2. The average molecular weight is 460 g/mol. The van der Waals surface area contributed by atoms with Crippen molar-refractivity contribution in [1.29, 1.82) is 0 Å². The van der Waals surface area contributed by atoms with E-state index in [1.807, 2.05) is 4.90 Å². The van der Waals surface area contributed by atoms with Crippen LogP contribution >= 0.6 is 0 Å². The molecule has 2 aliphatic rings. The minimum Gasteiger partial charge on any atom is -0.478 e. The van der Waals surface area contributed by atoms with Crippen LogP contribution in [0.2, 0.25) is 0 Å². The molecule has 2 aromatic carbocycles. The lowest BCUT2D eigenvalue weighted by atomic mass is 10.00. The first-order chi connectivity index (χ1) is 15.9. The molecule has 6 nitrogen and oxygen atoms in total. The molecule has 0 N–H and O–H groups in total. The molecule has 0 spiro atoms. The molecule has 33 heavy (non-hydrogen) atoms. The molecule has 1 saturated heterocycles. The van der Waals surface area contributed by atoms with Gasteiger partial charge in [-0.05, 0) is 17.7 Å². The highest BCUT2D eigenvalue weighted by Crippen LogP contribution is 2.40. The summed E-state index contributed by atoms with van der Waals surface area (Å²) < 4.78 is 58.6. The first-order valence-electron chi connectivity index (χ1n) is 10.8. The van der Waals surface area contributed by atoms with Crippen LogP contribution in [0.5, 0.6) is 5.75 Å². The van der Waals surface area contributed by atoms with Crippen LogP contribution < -0.4 is 10.2 Å². The first kappa shape index (κ1) is 21.9. The summed E-state index contributed by atoms with van der Waals surface area (Å²) in [6.07, 6.45) is -4.83. The van der Waals surface area contributed by atoms with Gasteiger partial charge in [-0.25, -0.2) is 0 Å². The summed E-state index contributed by atoms with van der Waals surface area (Å²) in [5.41, 5.74) is -0.621. The Kier molecular flexibility index (Phi) is 5.86. The SMILES string of the molecule is O=c1c(-c2ccccc2)c(C(F)(F)F)oc2c3c(ccc12)OCN(CCN1CCOCC1)C3. The molecule has 1 aromatic heterocycles. The summed E-state index contributed by atoms with van der Waals surface area (Å²) in [4.78, 5) is 17.5. The number of hydrogen-bond donors (Lipinski definition) is 0. The van der Waals surface area contributed by atoms with Gasteiger partial charge in [-0.3, -0.25) is 14.6 Å². The van der Waals surface area contributed by atoms with Gasteiger partial charge in [-0.15, -0.1) is 0 Å². The number of fused-ring (bicyclic) bond motifs is 3. The second-order valence-electron chi connectivity index (χ2n) is 8.20. The largest absolute Gasteiger partial charge is 0.478 e. The van der Waals surface area contributed by atoms with Crippen molar-refractivity contribution in [3.05, 3.63) is 64.0 Å². The van der Waals surface area contributed by atoms with Gasteiger partial charge in [0.05, 0.1) is 29.7 Å². The zero-order chi connectivity index (χ0) is 23.0. The average Bonchev–Trinajstić information content (AvgIpc) is 2.83. The van der Waals surface area contributed by atoms with E-state index in [0.29, 0.717) is 44.3 Å². The zero-order valence-corrected chi connectivity index (χ0v) is 17.9. The van der Waals surface area contributed by atoms with Crippen molar-refractivity contribution in [2.75, 3.05) is 46.1 Å². The van der Waals surface area contributed by atoms with Crippen molar-refractivity contribution < 1.29 is 27.1 Å². The Hall–Kier alpha value is -2.88. The van der Waals surface area contributed by atoms with Gasteiger partial charge < -0.3 is 13.9 Å². The second-order valence-corrected chi connectivity index (χ2v) is 8.20. The van der Waals surface area contributed by atoms with Crippen LogP contribution in [-0.2, 0) is 17.5 Å². The maximum Gasteiger partial charge on any atom is 0.450 e. The fourth-order valence-corrected chi connectivity index (χ4v) is 4.33. The molecule has 0 aliphatic carbocycles. The van der Waals surface area contributed by atoms with E-state index in [9.17, 15) is 18.0 Å². The summed E-state index contributed by atoms with van der Waals surface area (Å²) in [5, 5.41) is 0.110. The number of rotatable bonds is 4. The Morgan fingerprint density at radius 1 is 0.939 bits per heavy atom. The van der Waals surface area contributed by atoms with E-state index in [-0.39, 0.29) is 16.5 Å². The lowest BCUT2D eigenvalue weighted by Crippen LogP contribution is -2.43. The molecule has 0 unspecified atom stereocenters. The van der Waals surface area contributed by atoms with Crippen LogP contribution in [0.1, 0.15) is 11.3 Å². The number of hydrogen-bond acceptors (Lipinski definition) is 6. The lowest BCUT2D eigenvalue weighted by molar-refractivity contribution is -0.152. The minimum absolute atomic E-state index is 0.0689. The van der Waals surface area contributed by atoms with Gasteiger partial charge in [0.15, 0.2) is 0 Å². The highest BCUT2D eigenvalue weighted by Gasteiger charge is 2.40. The molecule has 5 rings (SSSR count). The molecule has 0 radical (unpaired) electrons. The summed E-state index contributed by atoms with van der Waals surface area (Å²) in [6, 6.07) is 10.9. The zero-order valence-electron chi connectivity index (χ0n) is 17.9. The molecule has 0 atom stereocenters. The van der Waals surface area contributed by atoms with Crippen molar-refractivity contribution in [3.8, 4) is 16.9 Å². The standard InChI is InChI=1S/C24H23F3N2O4/c25-24(26,27)23-20(16-4-2-1-3-5-16)21(30)17-6-7-19-18(22(17)33-23)14-29(15-32-19)9-8-28-10-12-31-13-11-28/h1-7H,8-15H2. The third-order valence-corrected chi connectivity index (χ3v) is 6.06. The highest BCUT2D eigenvalue weighted by atomic mass is 19.4. The Labute approximate surface area is 188 Å². The Morgan fingerprint density at radius 2 is 1.67 bits per heavy atom. The molecule has 0 saturated carbocycles. The van der Waals surface area contributed by atoms with Crippen molar-refractivity contribution in [2.24, 2.45) is 0 Å². The predicted octanol–water partition coefficient (Wildman–Crippen LogP) is 3.96. The van der Waals surface area contributed by atoms with Gasteiger partial charge in [-0.1, -0.05) is 30.3 Å². The van der Waals surface area contributed by atoms with E-state index in [1.54, 1.807) is 24.3 Å². The van der Waals surface area contributed by atoms with Crippen LogP contribution in [0, 0.1) is 0 Å². The maximum absolute atomic E-state index is 14.0. The van der Waals surface area contributed by atoms with Gasteiger partial charge in [-0.2, -0.15) is 13.2 Å². The van der Waals surface area contributed by atoms with E-state index in [2.05, 4.69) is 4.90 Å². The fourth-order valence-electron chi connectivity index (χ4n) is 4.33. The molecule has 3 aromatic rings. The van der Waals surface area contributed by atoms with E-state index in [4.69, 9.17) is 13.9 Å². The molecule has 9 heteroatoms. The summed E-state index contributed by atoms with van der Waals surface area (Å²) >= 11 is 0. The van der Waals surface area contributed by atoms with Gasteiger partial charge >= 0.3 is 6.18 Å². The van der Waals surface area contributed by atoms with Crippen LogP contribution in [-0.4, -0.2) is 55.9 Å². The molecule has 0 bridgehead atoms. The van der Waals surface area contributed by atoms with Crippen molar-refractivity contribution in [3.63, 3.8) is 0 Å². The molecule has 3 heterocycles. The van der Waals surface area contributed by atoms with Crippen LogP contribution in [0.25, 0.3) is 22.1 Å². The monoisotopic (exact) mass is 460 g/mol. The molecule has 0 amide bonds. The number of nitrogens with zero attached hydrogens (tertiary/aromatic N) is 2. The number of alkyl halides is 3. The topological polar surface area (TPSA) is 55.2 Å². The Balaban J connectivity index is 1.54. The highest BCUT2D eigenvalue weighted by molar-refractivity contribution is 5.87. The molecular formula is C24H23F3N2O4. The predicted molar refractivity (Wildman–Crippen MR) is 116 cm³/mol. The summed E-state index contributed by atoms with van der Waals surface area (Å²) in [6.45, 7) is 5.21. The van der Waals surface area contributed by atoms with Crippen molar-refractivity contribution in [2.45, 2.75) is 12.7 Å². The summed E-state index contributed by atoms with van der Waals surface area (Å²) in [5.74, 6) is -0.848. The molecule has 174 valence electrons. The van der Waals surface area contributed by atoms with E-state index in [1.165, 1.54) is 18.2 Å². The van der Waals surface area contributed by atoms with E-state index in [0.717, 1.165) is 19.6 Å². The van der Waals surface area contributed by atoms with Crippen LogP contribution in [0.4, 0.5) is 13.2 Å². The second kappa shape index (κ2) is 8.81. The number of halogens is 3. The quantitative estimate of drug-likeness (QED) is 0.588. The fraction of sp³-hybridized carbons (Fsp3) is 0.375. The number of morpholine rings is 1. The van der Waals surface area contributed by atoms with Gasteiger partial charge in [0.25, 0.3) is 0 Å². The third-order valence-electron chi connectivity index (χ3n) is 6.06. The summed E-state index contributed by atoms with van der Waals surface area (Å²) in [7, 11) is 0. The molecule has 1 fully saturated rings. The minimum atomic E-state index is -4.83. The lowest BCUT2D eigenvalue weighted by Gasteiger charge is -2.32. The normalized spacial score (nSPS) is 17.7.